The SMILES string of the molecule is CCc1cc(C(=O)Nc2ccccn2)cc(NC)n1. The smallest absolute Gasteiger partial charge is 0.257 e. The van der Waals surface area contributed by atoms with E-state index < -0.39 is 0 Å². The van der Waals surface area contributed by atoms with E-state index in [1.807, 2.05) is 13.0 Å². The molecule has 1 amide bonds. The maximum atomic E-state index is 12.1. The van der Waals surface area contributed by atoms with Gasteiger partial charge >= 0.3 is 0 Å². The average Bonchev–Trinajstić information content (AvgIpc) is 2.47. The monoisotopic (exact) mass is 256 g/mol. The predicted molar refractivity (Wildman–Crippen MR) is 75.4 cm³/mol. The molecule has 0 saturated carbocycles. The Hall–Kier alpha value is -2.43. The highest BCUT2D eigenvalue weighted by atomic mass is 16.1. The minimum Gasteiger partial charge on any atom is -0.373 e. The van der Waals surface area contributed by atoms with Crippen LogP contribution in [0.2, 0.25) is 0 Å². The molecule has 2 aromatic heterocycles. The molecule has 2 N–H and O–H groups in total. The van der Waals surface area contributed by atoms with Gasteiger partial charge in [0.25, 0.3) is 5.91 Å². The Balaban J connectivity index is 2.23. The first-order valence-corrected chi connectivity index (χ1v) is 6.14. The van der Waals surface area contributed by atoms with Gasteiger partial charge < -0.3 is 10.6 Å². The standard InChI is InChI=1S/C14H16N4O/c1-3-11-8-10(9-13(15-2)17-11)14(19)18-12-6-4-5-7-16-12/h4-9H,3H2,1-2H3,(H,15,17)(H,16,18,19). The Kier molecular flexibility index (Phi) is 4.07. The fourth-order valence-corrected chi connectivity index (χ4v) is 1.65. The van der Waals surface area contributed by atoms with Crippen molar-refractivity contribution in [1.29, 1.82) is 0 Å². The number of carbonyl (C=O) groups is 1. The van der Waals surface area contributed by atoms with Gasteiger partial charge in [0.05, 0.1) is 0 Å². The lowest BCUT2D eigenvalue weighted by molar-refractivity contribution is 0.102. The highest BCUT2D eigenvalue weighted by Gasteiger charge is 2.09. The topological polar surface area (TPSA) is 66.9 Å². The number of nitrogens with one attached hydrogen (secondary N) is 2. The van der Waals surface area contributed by atoms with Crippen LogP contribution in [0, 0.1) is 0 Å². The summed E-state index contributed by atoms with van der Waals surface area (Å²) in [7, 11) is 1.78. The van der Waals surface area contributed by atoms with Gasteiger partial charge in [0.2, 0.25) is 0 Å². The van der Waals surface area contributed by atoms with Gasteiger partial charge in [0.1, 0.15) is 11.6 Å². The van der Waals surface area contributed by atoms with E-state index >= 15 is 0 Å². The molecular weight excluding hydrogens is 240 g/mol. The van der Waals surface area contributed by atoms with Crippen LogP contribution >= 0.6 is 0 Å². The molecule has 5 nitrogen and oxygen atoms in total. The molecule has 0 aliphatic carbocycles. The molecule has 5 heteroatoms. The van der Waals surface area contributed by atoms with Crippen LogP contribution in [0.1, 0.15) is 23.0 Å². The van der Waals surface area contributed by atoms with Crippen LogP contribution < -0.4 is 10.6 Å². The zero-order valence-corrected chi connectivity index (χ0v) is 11.0. The van der Waals surface area contributed by atoms with Crippen molar-refractivity contribution >= 4 is 17.5 Å². The van der Waals surface area contributed by atoms with Crippen LogP contribution in [0.3, 0.4) is 0 Å². The fraction of sp³-hybridized carbons (Fsp3) is 0.214. The molecular formula is C14H16N4O. The number of aromatic nitrogens is 2. The maximum Gasteiger partial charge on any atom is 0.257 e. The van der Waals surface area contributed by atoms with Crippen LogP contribution in [0.4, 0.5) is 11.6 Å². The van der Waals surface area contributed by atoms with E-state index in [1.54, 1.807) is 37.5 Å². The van der Waals surface area contributed by atoms with Crippen molar-refractivity contribution in [3.05, 3.63) is 47.8 Å². The minimum atomic E-state index is -0.188. The lowest BCUT2D eigenvalue weighted by Crippen LogP contribution is -2.14. The largest absolute Gasteiger partial charge is 0.373 e. The summed E-state index contributed by atoms with van der Waals surface area (Å²) in [5.74, 6) is 1.03. The van der Waals surface area contributed by atoms with E-state index in [0.717, 1.165) is 12.1 Å². The summed E-state index contributed by atoms with van der Waals surface area (Å²) in [5.41, 5.74) is 1.44. The molecule has 98 valence electrons. The van der Waals surface area contributed by atoms with Gasteiger partial charge in [-0.25, -0.2) is 9.97 Å². The van der Waals surface area contributed by atoms with E-state index in [1.165, 1.54) is 0 Å². The van der Waals surface area contributed by atoms with E-state index in [4.69, 9.17) is 0 Å². The number of carbonyl (C=O) groups excluding carboxylic acids is 1. The summed E-state index contributed by atoms with van der Waals surface area (Å²) in [5, 5.41) is 5.71. The first-order chi connectivity index (χ1) is 9.22. The normalized spacial score (nSPS) is 10.0. The van der Waals surface area contributed by atoms with Crippen molar-refractivity contribution in [2.24, 2.45) is 0 Å². The molecule has 0 unspecified atom stereocenters. The molecule has 19 heavy (non-hydrogen) atoms. The third kappa shape index (κ3) is 3.28. The van der Waals surface area contributed by atoms with Crippen LogP contribution in [0.15, 0.2) is 36.5 Å². The third-order valence-electron chi connectivity index (χ3n) is 2.67. The second kappa shape index (κ2) is 5.95. The quantitative estimate of drug-likeness (QED) is 0.881. The zero-order valence-electron chi connectivity index (χ0n) is 11.0. The van der Waals surface area contributed by atoms with Gasteiger partial charge in [0, 0.05) is 24.5 Å². The van der Waals surface area contributed by atoms with Crippen LogP contribution in [-0.4, -0.2) is 22.9 Å². The summed E-state index contributed by atoms with van der Waals surface area (Å²) in [6.45, 7) is 2.00. The summed E-state index contributed by atoms with van der Waals surface area (Å²) < 4.78 is 0. The summed E-state index contributed by atoms with van der Waals surface area (Å²) >= 11 is 0. The fourth-order valence-electron chi connectivity index (χ4n) is 1.65. The number of anilines is 2. The molecule has 0 spiro atoms. The summed E-state index contributed by atoms with van der Waals surface area (Å²) in [6.07, 6.45) is 2.41. The molecule has 0 aliphatic rings. The average molecular weight is 256 g/mol. The second-order valence-electron chi connectivity index (χ2n) is 4.01. The Labute approximate surface area is 112 Å². The second-order valence-corrected chi connectivity index (χ2v) is 4.01. The minimum absolute atomic E-state index is 0.188. The van der Waals surface area contributed by atoms with Gasteiger partial charge in [-0.3, -0.25) is 4.79 Å². The van der Waals surface area contributed by atoms with Crippen LogP contribution in [0.5, 0.6) is 0 Å². The van der Waals surface area contributed by atoms with Crippen molar-refractivity contribution < 1.29 is 4.79 Å². The molecule has 2 rings (SSSR count). The Morgan fingerprint density at radius 1 is 1.26 bits per heavy atom. The zero-order chi connectivity index (χ0) is 13.7. The molecule has 0 atom stereocenters. The van der Waals surface area contributed by atoms with Crippen molar-refractivity contribution in [3.8, 4) is 0 Å². The molecule has 0 aliphatic heterocycles. The lowest BCUT2D eigenvalue weighted by Gasteiger charge is -2.08. The molecule has 0 saturated heterocycles. The van der Waals surface area contributed by atoms with Crippen molar-refractivity contribution in [2.75, 3.05) is 17.7 Å². The molecule has 2 aromatic rings. The summed E-state index contributed by atoms with van der Waals surface area (Å²) in [4.78, 5) is 20.6. The number of aryl methyl sites for hydroxylation is 1. The third-order valence-corrected chi connectivity index (χ3v) is 2.67. The van der Waals surface area contributed by atoms with Gasteiger partial charge in [0.15, 0.2) is 0 Å². The number of rotatable bonds is 4. The number of amides is 1. The first kappa shape index (κ1) is 13.0. The van der Waals surface area contributed by atoms with Gasteiger partial charge in [-0.05, 0) is 30.7 Å². The molecule has 0 bridgehead atoms. The highest BCUT2D eigenvalue weighted by molar-refractivity contribution is 6.04. The highest BCUT2D eigenvalue weighted by Crippen LogP contribution is 2.12. The molecule has 2 heterocycles. The number of nitrogens with zero attached hydrogens (tertiary/aromatic N) is 2. The lowest BCUT2D eigenvalue weighted by atomic mass is 10.2. The predicted octanol–water partition coefficient (Wildman–Crippen LogP) is 2.33. The van der Waals surface area contributed by atoms with E-state index in [-0.39, 0.29) is 5.91 Å². The Morgan fingerprint density at radius 3 is 2.74 bits per heavy atom. The van der Waals surface area contributed by atoms with Gasteiger partial charge in [-0.2, -0.15) is 0 Å². The number of hydrogen-bond donors (Lipinski definition) is 2. The first-order valence-electron chi connectivity index (χ1n) is 6.14. The van der Waals surface area contributed by atoms with Gasteiger partial charge in [-0.15, -0.1) is 0 Å². The number of hydrogen-bond acceptors (Lipinski definition) is 4. The molecule has 0 aromatic carbocycles. The Morgan fingerprint density at radius 2 is 2.11 bits per heavy atom. The van der Waals surface area contributed by atoms with E-state index in [2.05, 4.69) is 20.6 Å². The van der Waals surface area contributed by atoms with E-state index in [9.17, 15) is 4.79 Å². The van der Waals surface area contributed by atoms with Crippen molar-refractivity contribution in [2.45, 2.75) is 13.3 Å². The molecule has 0 fully saturated rings. The van der Waals surface area contributed by atoms with Crippen molar-refractivity contribution in [3.63, 3.8) is 0 Å². The van der Waals surface area contributed by atoms with Crippen molar-refractivity contribution in [1.82, 2.24) is 9.97 Å². The summed E-state index contributed by atoms with van der Waals surface area (Å²) in [6, 6.07) is 8.89. The van der Waals surface area contributed by atoms with Crippen LogP contribution in [0.25, 0.3) is 0 Å². The molecule has 0 radical (unpaired) electrons. The van der Waals surface area contributed by atoms with Gasteiger partial charge in [-0.1, -0.05) is 13.0 Å². The van der Waals surface area contributed by atoms with Crippen LogP contribution in [-0.2, 0) is 6.42 Å². The Bertz CT molecular complexity index is 547. The number of pyridine rings is 2. The van der Waals surface area contributed by atoms with E-state index in [0.29, 0.717) is 17.2 Å². The maximum absolute atomic E-state index is 12.1.